The van der Waals surface area contributed by atoms with Crippen molar-refractivity contribution < 1.29 is 4.79 Å². The molecule has 1 aromatic carbocycles. The predicted molar refractivity (Wildman–Crippen MR) is 138 cm³/mol. The van der Waals surface area contributed by atoms with E-state index >= 15 is 0 Å². The maximum Gasteiger partial charge on any atom is 0.251 e. The zero-order valence-electron chi connectivity index (χ0n) is 20.3. The molecule has 1 aliphatic rings. The van der Waals surface area contributed by atoms with Crippen molar-refractivity contribution in [3.8, 4) is 11.3 Å². The zero-order valence-corrected chi connectivity index (χ0v) is 20.3. The Morgan fingerprint density at radius 2 is 1.86 bits per heavy atom. The second-order valence-corrected chi connectivity index (χ2v) is 9.36. The molecule has 0 saturated heterocycles. The summed E-state index contributed by atoms with van der Waals surface area (Å²) in [5.74, 6) is 1.83. The first-order valence-corrected chi connectivity index (χ1v) is 12.2. The van der Waals surface area contributed by atoms with Gasteiger partial charge in [0.05, 0.1) is 16.8 Å². The number of nitrogens with zero attached hydrogens (tertiary/aromatic N) is 4. The number of para-hydroxylation sites is 1. The van der Waals surface area contributed by atoms with Gasteiger partial charge in [0.2, 0.25) is 0 Å². The van der Waals surface area contributed by atoms with Crippen molar-refractivity contribution in [2.45, 2.75) is 38.5 Å². The summed E-state index contributed by atoms with van der Waals surface area (Å²) in [6.07, 6.45) is 7.64. The molecule has 7 nitrogen and oxygen atoms in total. The normalized spacial score (nSPS) is 14.9. The highest BCUT2D eigenvalue weighted by atomic mass is 16.1. The second-order valence-electron chi connectivity index (χ2n) is 9.36. The molecule has 0 spiro atoms. The number of carbonyl (C=O) groups is 1. The van der Waals surface area contributed by atoms with E-state index in [9.17, 15) is 4.79 Å². The number of rotatable bonds is 8. The fraction of sp³-hybridized carbons (Fsp3) is 0.321. The first-order valence-electron chi connectivity index (χ1n) is 12.2. The quantitative estimate of drug-likeness (QED) is 0.372. The van der Waals surface area contributed by atoms with E-state index < -0.39 is 0 Å². The molecule has 2 atom stereocenters. The second kappa shape index (κ2) is 9.78. The van der Waals surface area contributed by atoms with Crippen LogP contribution in [0.25, 0.3) is 22.2 Å². The van der Waals surface area contributed by atoms with Gasteiger partial charge in [-0.2, -0.15) is 0 Å². The number of hydrogen-bond donors (Lipinski definition) is 2. The minimum atomic E-state index is -0.102. The standard InChI is InChI=1S/C28H30N6O/c1-17(18(2)21-5-4-6-22-23(28(35)29-3)10-12-31-27(21)22)15-32-26-14-25(33-16-34-26)20-9-11-30-24(13-20)19-7-8-19/h4-6,9-14,16-19H,7-8,15H2,1-3H3,(H,29,35)(H,32,33,34). The number of benzene rings is 1. The van der Waals surface area contributed by atoms with Crippen LogP contribution in [-0.2, 0) is 0 Å². The lowest BCUT2D eigenvalue weighted by Crippen LogP contribution is -2.19. The van der Waals surface area contributed by atoms with E-state index in [1.54, 1.807) is 25.6 Å². The maximum absolute atomic E-state index is 12.3. The van der Waals surface area contributed by atoms with Gasteiger partial charge in [-0.1, -0.05) is 32.0 Å². The molecule has 35 heavy (non-hydrogen) atoms. The monoisotopic (exact) mass is 466 g/mol. The molecule has 5 rings (SSSR count). The summed E-state index contributed by atoms with van der Waals surface area (Å²) in [6.45, 7) is 5.16. The lowest BCUT2D eigenvalue weighted by Gasteiger charge is -2.22. The molecule has 4 aromatic rings. The molecule has 0 aliphatic heterocycles. The Labute approximate surface area is 205 Å². The highest BCUT2D eigenvalue weighted by molar-refractivity contribution is 6.06. The molecule has 7 heteroatoms. The van der Waals surface area contributed by atoms with Gasteiger partial charge < -0.3 is 10.6 Å². The van der Waals surface area contributed by atoms with Crippen LogP contribution in [0.2, 0.25) is 0 Å². The van der Waals surface area contributed by atoms with Crippen LogP contribution < -0.4 is 10.6 Å². The van der Waals surface area contributed by atoms with Gasteiger partial charge in [0, 0.05) is 54.6 Å². The number of carbonyl (C=O) groups excluding carboxylic acids is 1. The van der Waals surface area contributed by atoms with Crippen LogP contribution in [0.15, 0.2) is 61.2 Å². The van der Waals surface area contributed by atoms with Crippen LogP contribution in [-0.4, -0.2) is 39.4 Å². The largest absolute Gasteiger partial charge is 0.370 e. The number of aromatic nitrogens is 4. The summed E-state index contributed by atoms with van der Waals surface area (Å²) in [7, 11) is 1.65. The first-order chi connectivity index (χ1) is 17.0. The van der Waals surface area contributed by atoms with Gasteiger partial charge in [-0.25, -0.2) is 9.97 Å². The van der Waals surface area contributed by atoms with E-state index in [2.05, 4.69) is 56.5 Å². The summed E-state index contributed by atoms with van der Waals surface area (Å²) in [5.41, 5.74) is 5.78. The topological polar surface area (TPSA) is 92.7 Å². The van der Waals surface area contributed by atoms with E-state index in [0.29, 0.717) is 17.4 Å². The lowest BCUT2D eigenvalue weighted by molar-refractivity contribution is 0.0964. The molecule has 0 radical (unpaired) electrons. The molecule has 3 heterocycles. The molecule has 0 bridgehead atoms. The van der Waals surface area contributed by atoms with Gasteiger partial charge in [0.25, 0.3) is 5.91 Å². The van der Waals surface area contributed by atoms with Gasteiger partial charge in [-0.05, 0) is 48.4 Å². The molecular formula is C28H30N6O. The van der Waals surface area contributed by atoms with Crippen molar-refractivity contribution in [3.05, 3.63) is 78.0 Å². The average Bonchev–Trinajstić information content (AvgIpc) is 3.76. The van der Waals surface area contributed by atoms with E-state index in [4.69, 9.17) is 0 Å². The summed E-state index contributed by atoms with van der Waals surface area (Å²) in [5, 5.41) is 7.08. The molecule has 2 unspecified atom stereocenters. The Bertz CT molecular complexity index is 1370. The molecular weight excluding hydrogens is 436 g/mol. The number of fused-ring (bicyclic) bond motifs is 1. The van der Waals surface area contributed by atoms with Gasteiger partial charge in [-0.15, -0.1) is 0 Å². The van der Waals surface area contributed by atoms with Crippen molar-refractivity contribution in [2.24, 2.45) is 5.92 Å². The van der Waals surface area contributed by atoms with Crippen LogP contribution >= 0.6 is 0 Å². The Morgan fingerprint density at radius 1 is 1.03 bits per heavy atom. The molecule has 1 aliphatic carbocycles. The SMILES string of the molecule is CNC(=O)c1ccnc2c(C(C)C(C)CNc3cc(-c4ccnc(C5CC5)c4)ncn3)cccc12. The minimum absolute atomic E-state index is 0.102. The number of pyridine rings is 2. The third-order valence-corrected chi connectivity index (χ3v) is 6.96. The van der Waals surface area contributed by atoms with Crippen LogP contribution in [0.1, 0.15) is 60.1 Å². The Morgan fingerprint density at radius 3 is 2.66 bits per heavy atom. The van der Waals surface area contributed by atoms with E-state index in [0.717, 1.165) is 45.8 Å². The fourth-order valence-electron chi connectivity index (χ4n) is 4.47. The third kappa shape index (κ3) is 4.85. The van der Waals surface area contributed by atoms with Crippen molar-refractivity contribution in [1.82, 2.24) is 25.3 Å². The molecule has 3 aromatic heterocycles. The molecule has 1 fully saturated rings. The molecule has 2 N–H and O–H groups in total. The fourth-order valence-corrected chi connectivity index (χ4v) is 4.47. The van der Waals surface area contributed by atoms with Crippen LogP contribution in [0, 0.1) is 5.92 Å². The number of anilines is 1. The zero-order chi connectivity index (χ0) is 24.4. The summed E-state index contributed by atoms with van der Waals surface area (Å²) in [4.78, 5) is 30.4. The Hall–Kier alpha value is -3.87. The van der Waals surface area contributed by atoms with E-state index in [1.807, 2.05) is 30.5 Å². The highest BCUT2D eigenvalue weighted by Crippen LogP contribution is 2.39. The predicted octanol–water partition coefficient (Wildman–Crippen LogP) is 5.18. The van der Waals surface area contributed by atoms with Crippen LogP contribution in [0.4, 0.5) is 5.82 Å². The maximum atomic E-state index is 12.3. The summed E-state index contributed by atoms with van der Waals surface area (Å²) < 4.78 is 0. The summed E-state index contributed by atoms with van der Waals surface area (Å²) >= 11 is 0. The smallest absolute Gasteiger partial charge is 0.251 e. The van der Waals surface area contributed by atoms with E-state index in [1.165, 1.54) is 12.8 Å². The van der Waals surface area contributed by atoms with Crippen molar-refractivity contribution in [3.63, 3.8) is 0 Å². The Kier molecular flexibility index (Phi) is 6.40. The van der Waals surface area contributed by atoms with Gasteiger partial charge in [0.15, 0.2) is 0 Å². The summed E-state index contributed by atoms with van der Waals surface area (Å²) in [6, 6.07) is 14.0. The first kappa shape index (κ1) is 22.9. The van der Waals surface area contributed by atoms with Crippen molar-refractivity contribution >= 4 is 22.6 Å². The van der Waals surface area contributed by atoms with Gasteiger partial charge >= 0.3 is 0 Å². The Balaban J connectivity index is 1.32. The highest BCUT2D eigenvalue weighted by Gasteiger charge is 2.25. The van der Waals surface area contributed by atoms with Gasteiger partial charge in [-0.3, -0.25) is 14.8 Å². The minimum Gasteiger partial charge on any atom is -0.370 e. The van der Waals surface area contributed by atoms with Crippen molar-refractivity contribution in [2.75, 3.05) is 18.9 Å². The number of amides is 1. The van der Waals surface area contributed by atoms with Crippen molar-refractivity contribution in [1.29, 1.82) is 0 Å². The third-order valence-electron chi connectivity index (χ3n) is 6.96. The average molecular weight is 467 g/mol. The van der Waals surface area contributed by atoms with Gasteiger partial charge in [0.1, 0.15) is 12.1 Å². The van der Waals surface area contributed by atoms with E-state index in [-0.39, 0.29) is 11.8 Å². The number of nitrogens with one attached hydrogen (secondary N) is 2. The molecule has 1 saturated carbocycles. The lowest BCUT2D eigenvalue weighted by atomic mass is 9.87. The molecule has 178 valence electrons. The number of hydrogen-bond acceptors (Lipinski definition) is 6. The van der Waals surface area contributed by atoms with Crippen LogP contribution in [0.3, 0.4) is 0 Å². The molecule has 1 amide bonds. The van der Waals surface area contributed by atoms with Crippen LogP contribution in [0.5, 0.6) is 0 Å².